The second-order valence-corrected chi connectivity index (χ2v) is 1.77. The van der Waals surface area contributed by atoms with Crippen molar-refractivity contribution in [1.29, 1.82) is 5.26 Å². The van der Waals surface area contributed by atoms with Crippen LogP contribution >= 0.6 is 0 Å². The largest absolute Gasteiger partial charge is 0.370 e. The predicted molar refractivity (Wildman–Crippen MR) is 35.5 cm³/mol. The van der Waals surface area contributed by atoms with Crippen molar-refractivity contribution >= 4 is 5.96 Å². The lowest BCUT2D eigenvalue weighted by Gasteiger charge is -1.97. The van der Waals surface area contributed by atoms with Crippen molar-refractivity contribution in [2.24, 2.45) is 16.5 Å². The average Bonchev–Trinajstić information content (AvgIpc) is 1.63. The molecule has 0 saturated carbocycles. The van der Waals surface area contributed by atoms with E-state index in [0.29, 0.717) is 6.42 Å². The van der Waals surface area contributed by atoms with Gasteiger partial charge in [-0.1, -0.05) is 0 Å². The lowest BCUT2D eigenvalue weighted by atomic mass is 10.3. The Morgan fingerprint density at radius 2 is 2.33 bits per heavy atom. The van der Waals surface area contributed by atoms with E-state index in [4.69, 9.17) is 16.7 Å². The maximum atomic E-state index is 8.15. The quantitative estimate of drug-likeness (QED) is 0.388. The van der Waals surface area contributed by atoms with Crippen LogP contribution in [0.4, 0.5) is 0 Å². The molecule has 0 fully saturated rings. The summed E-state index contributed by atoms with van der Waals surface area (Å²) in [5, 5.41) is 8.15. The van der Waals surface area contributed by atoms with Gasteiger partial charge in [0.05, 0.1) is 18.5 Å². The maximum Gasteiger partial charge on any atom is 0.186 e. The lowest BCUT2D eigenvalue weighted by molar-refractivity contribution is 0.764. The zero-order chi connectivity index (χ0) is 7.28. The Kier molecular flexibility index (Phi) is 3.21. The number of nitrogens with two attached hydrogens (primary N) is 2. The van der Waals surface area contributed by atoms with Crippen molar-refractivity contribution in [3.8, 4) is 6.07 Å². The summed E-state index contributed by atoms with van der Waals surface area (Å²) in [6, 6.07) is 1.87. The first-order chi connectivity index (χ1) is 4.16. The van der Waals surface area contributed by atoms with Crippen LogP contribution in [-0.4, -0.2) is 12.0 Å². The smallest absolute Gasteiger partial charge is 0.186 e. The highest BCUT2D eigenvalue weighted by molar-refractivity contribution is 5.75. The van der Waals surface area contributed by atoms with Gasteiger partial charge in [-0.3, -0.25) is 0 Å². The molecule has 0 aliphatic rings. The van der Waals surface area contributed by atoms with E-state index in [1.807, 2.05) is 6.07 Å². The molecule has 4 nitrogen and oxygen atoms in total. The minimum atomic E-state index is -0.0833. The van der Waals surface area contributed by atoms with Crippen LogP contribution in [0.25, 0.3) is 0 Å². The number of rotatable bonds is 2. The molecule has 50 valence electrons. The van der Waals surface area contributed by atoms with Crippen molar-refractivity contribution in [3.05, 3.63) is 0 Å². The zero-order valence-electron chi connectivity index (χ0n) is 5.33. The first-order valence-corrected chi connectivity index (χ1v) is 2.62. The number of hydrogen-bond donors (Lipinski definition) is 2. The summed E-state index contributed by atoms with van der Waals surface area (Å²) in [6.07, 6.45) is 0.359. The van der Waals surface area contributed by atoms with Crippen LogP contribution in [0.15, 0.2) is 4.99 Å². The Morgan fingerprint density at radius 1 is 1.78 bits per heavy atom. The summed E-state index contributed by atoms with van der Waals surface area (Å²) in [7, 11) is 0. The fourth-order valence-electron chi connectivity index (χ4n) is 0.432. The highest BCUT2D eigenvalue weighted by Crippen LogP contribution is 1.92. The van der Waals surface area contributed by atoms with Crippen LogP contribution in [0.5, 0.6) is 0 Å². The van der Waals surface area contributed by atoms with Gasteiger partial charge in [0.2, 0.25) is 0 Å². The van der Waals surface area contributed by atoms with Gasteiger partial charge in [0, 0.05) is 0 Å². The van der Waals surface area contributed by atoms with E-state index in [2.05, 4.69) is 4.99 Å². The Bertz CT molecular complexity index is 140. The molecule has 0 aromatic rings. The molecule has 0 radical (unpaired) electrons. The van der Waals surface area contributed by atoms with Gasteiger partial charge < -0.3 is 11.5 Å². The standard InChI is InChI=1S/C5H10N4/c1-4(2-3-6)9-5(7)8/h4H,2H2,1H3,(H4,7,8,9). The van der Waals surface area contributed by atoms with E-state index < -0.39 is 0 Å². The SMILES string of the molecule is CC(CC#N)N=C(N)N. The molecule has 9 heavy (non-hydrogen) atoms. The monoisotopic (exact) mass is 126 g/mol. The van der Waals surface area contributed by atoms with Crippen LogP contribution < -0.4 is 11.5 Å². The Hall–Kier alpha value is -1.24. The third kappa shape index (κ3) is 4.62. The summed E-state index contributed by atoms with van der Waals surface area (Å²) >= 11 is 0. The minimum Gasteiger partial charge on any atom is -0.370 e. The molecule has 0 bridgehead atoms. The van der Waals surface area contributed by atoms with E-state index in [9.17, 15) is 0 Å². The molecule has 0 aromatic heterocycles. The molecule has 1 atom stereocenters. The van der Waals surface area contributed by atoms with Gasteiger partial charge in [-0.2, -0.15) is 5.26 Å². The molecule has 0 spiro atoms. The highest BCUT2D eigenvalue weighted by atomic mass is 15.0. The van der Waals surface area contributed by atoms with Gasteiger partial charge in [0.15, 0.2) is 5.96 Å². The molecule has 0 heterocycles. The first kappa shape index (κ1) is 7.76. The third-order valence-corrected chi connectivity index (χ3v) is 0.756. The van der Waals surface area contributed by atoms with Crippen molar-refractivity contribution in [3.63, 3.8) is 0 Å². The van der Waals surface area contributed by atoms with Crippen molar-refractivity contribution < 1.29 is 0 Å². The molecule has 4 heteroatoms. The number of hydrogen-bond acceptors (Lipinski definition) is 2. The first-order valence-electron chi connectivity index (χ1n) is 2.62. The van der Waals surface area contributed by atoms with E-state index >= 15 is 0 Å². The molecular weight excluding hydrogens is 116 g/mol. The van der Waals surface area contributed by atoms with Crippen molar-refractivity contribution in [1.82, 2.24) is 0 Å². The zero-order valence-corrected chi connectivity index (χ0v) is 5.33. The molecular formula is C5H10N4. The maximum absolute atomic E-state index is 8.15. The van der Waals surface area contributed by atoms with Gasteiger partial charge in [0.1, 0.15) is 0 Å². The average molecular weight is 126 g/mol. The number of aliphatic imine (C=N–C) groups is 1. The highest BCUT2D eigenvalue weighted by Gasteiger charge is 1.95. The summed E-state index contributed by atoms with van der Waals surface area (Å²) in [6.45, 7) is 1.78. The van der Waals surface area contributed by atoms with E-state index in [1.165, 1.54) is 0 Å². The minimum absolute atomic E-state index is 0.0396. The molecule has 0 saturated heterocycles. The lowest BCUT2D eigenvalue weighted by Crippen LogP contribution is -2.24. The molecule has 0 aliphatic heterocycles. The second-order valence-electron chi connectivity index (χ2n) is 1.77. The molecule has 0 aliphatic carbocycles. The Morgan fingerprint density at radius 3 is 2.67 bits per heavy atom. The van der Waals surface area contributed by atoms with Crippen LogP contribution in [0.2, 0.25) is 0 Å². The van der Waals surface area contributed by atoms with Gasteiger partial charge in [-0.25, -0.2) is 4.99 Å². The summed E-state index contributed by atoms with van der Waals surface area (Å²) in [5.74, 6) is 0.0396. The van der Waals surface area contributed by atoms with Crippen LogP contribution in [0.1, 0.15) is 13.3 Å². The van der Waals surface area contributed by atoms with Crippen LogP contribution in [-0.2, 0) is 0 Å². The number of guanidine groups is 1. The molecule has 1 unspecified atom stereocenters. The second kappa shape index (κ2) is 3.72. The fraction of sp³-hybridized carbons (Fsp3) is 0.600. The van der Waals surface area contributed by atoms with Gasteiger partial charge in [0.25, 0.3) is 0 Å². The summed E-state index contributed by atoms with van der Waals surface area (Å²) < 4.78 is 0. The van der Waals surface area contributed by atoms with Crippen LogP contribution in [0.3, 0.4) is 0 Å². The molecule has 0 rings (SSSR count). The van der Waals surface area contributed by atoms with E-state index in [1.54, 1.807) is 6.92 Å². The number of nitrogens with zero attached hydrogens (tertiary/aromatic N) is 2. The molecule has 4 N–H and O–H groups in total. The van der Waals surface area contributed by atoms with Crippen LogP contribution in [0, 0.1) is 11.3 Å². The fourth-order valence-corrected chi connectivity index (χ4v) is 0.432. The van der Waals surface area contributed by atoms with E-state index in [0.717, 1.165) is 0 Å². The van der Waals surface area contributed by atoms with Crippen molar-refractivity contribution in [2.75, 3.05) is 0 Å². The van der Waals surface area contributed by atoms with Gasteiger partial charge >= 0.3 is 0 Å². The summed E-state index contributed by atoms with van der Waals surface area (Å²) in [4.78, 5) is 3.72. The normalized spacial score (nSPS) is 11.6. The Labute approximate surface area is 54.2 Å². The molecule has 0 aromatic carbocycles. The van der Waals surface area contributed by atoms with Crippen molar-refractivity contribution in [2.45, 2.75) is 19.4 Å². The Balaban J connectivity index is 3.65. The van der Waals surface area contributed by atoms with Gasteiger partial charge in [-0.05, 0) is 6.92 Å². The topological polar surface area (TPSA) is 88.2 Å². The predicted octanol–water partition coefficient (Wildman–Crippen LogP) is -0.438. The van der Waals surface area contributed by atoms with E-state index in [-0.39, 0.29) is 12.0 Å². The molecule has 0 amide bonds. The third-order valence-electron chi connectivity index (χ3n) is 0.756. The summed E-state index contributed by atoms with van der Waals surface area (Å²) in [5.41, 5.74) is 10.1. The number of nitriles is 1. The van der Waals surface area contributed by atoms with Gasteiger partial charge in [-0.15, -0.1) is 0 Å².